The monoisotopic (exact) mass is 471 g/mol. The summed E-state index contributed by atoms with van der Waals surface area (Å²) < 4.78 is 13.6. The number of nitrogen functional groups attached to an aromatic ring is 1. The molecule has 2 atom stereocenters. The average Bonchev–Trinajstić information content (AvgIpc) is 3.29. The van der Waals surface area contributed by atoms with Crippen molar-refractivity contribution >= 4 is 22.9 Å². The lowest BCUT2D eigenvalue weighted by molar-refractivity contribution is 0.0242. The molecule has 8 nitrogen and oxygen atoms in total. The van der Waals surface area contributed by atoms with Gasteiger partial charge >= 0.3 is 6.09 Å². The maximum atomic E-state index is 11.4. The molecule has 2 aromatic heterocycles. The smallest absolute Gasteiger partial charge is 0.405 e. The van der Waals surface area contributed by atoms with Gasteiger partial charge in [-0.25, -0.2) is 14.8 Å². The highest BCUT2D eigenvalue weighted by Crippen LogP contribution is 2.48. The fourth-order valence-electron chi connectivity index (χ4n) is 5.28. The fourth-order valence-corrected chi connectivity index (χ4v) is 5.28. The molecule has 0 saturated carbocycles. The Morgan fingerprint density at radius 1 is 1.09 bits per heavy atom. The first-order chi connectivity index (χ1) is 16.7. The van der Waals surface area contributed by atoms with Crippen molar-refractivity contribution in [2.24, 2.45) is 11.7 Å². The molecule has 4 N–H and O–H groups in total. The molecule has 0 fully saturated rings. The zero-order valence-electron chi connectivity index (χ0n) is 20.1. The molecule has 0 spiro atoms. The second kappa shape index (κ2) is 8.61. The van der Waals surface area contributed by atoms with Gasteiger partial charge in [0.15, 0.2) is 0 Å². The largest absolute Gasteiger partial charge is 0.457 e. The van der Waals surface area contributed by atoms with Crippen LogP contribution in [-0.4, -0.2) is 26.2 Å². The highest BCUT2D eigenvalue weighted by atomic mass is 16.6. The van der Waals surface area contributed by atoms with Crippen LogP contribution < -0.4 is 16.2 Å². The van der Waals surface area contributed by atoms with Crippen LogP contribution in [0.3, 0.4) is 0 Å². The van der Waals surface area contributed by atoms with E-state index in [9.17, 15) is 4.79 Å². The number of primary amides is 1. The quantitative estimate of drug-likeness (QED) is 0.385. The second-order valence-electron chi connectivity index (χ2n) is 9.70. The van der Waals surface area contributed by atoms with Gasteiger partial charge in [0.25, 0.3) is 0 Å². The normalized spacial score (nSPS) is 17.3. The van der Waals surface area contributed by atoms with E-state index in [1.165, 1.54) is 6.33 Å². The Labute approximate surface area is 203 Å². The van der Waals surface area contributed by atoms with Crippen LogP contribution >= 0.6 is 0 Å². The molecule has 1 aliphatic heterocycles. The number of ether oxygens (including phenoxy) is 2. The van der Waals surface area contributed by atoms with Crippen molar-refractivity contribution in [3.05, 3.63) is 66.6 Å². The summed E-state index contributed by atoms with van der Waals surface area (Å²) in [6.45, 7) is 6.72. The minimum atomic E-state index is -0.760. The van der Waals surface area contributed by atoms with Crippen molar-refractivity contribution in [2.45, 2.75) is 45.3 Å². The fraction of sp³-hybridized carbons (Fsp3) is 0.296. The Kier molecular flexibility index (Phi) is 5.59. The van der Waals surface area contributed by atoms with Gasteiger partial charge < -0.3 is 25.5 Å². The van der Waals surface area contributed by atoms with Crippen LogP contribution in [0.2, 0.25) is 0 Å². The Morgan fingerprint density at radius 3 is 2.46 bits per heavy atom. The summed E-state index contributed by atoms with van der Waals surface area (Å²) in [5, 5.41) is 0.858. The number of fused-ring (bicyclic) bond motifs is 3. The number of carbonyl (C=O) groups excluding carboxylic acids is 1. The molecule has 5 rings (SSSR count). The van der Waals surface area contributed by atoms with Crippen molar-refractivity contribution in [3.8, 4) is 22.6 Å². The number of carbonyl (C=O) groups is 1. The van der Waals surface area contributed by atoms with Gasteiger partial charge in [0, 0.05) is 23.7 Å². The van der Waals surface area contributed by atoms with E-state index < -0.39 is 11.7 Å². The Morgan fingerprint density at radius 2 is 1.77 bits per heavy atom. The van der Waals surface area contributed by atoms with Crippen molar-refractivity contribution in [3.63, 3.8) is 0 Å². The number of benzene rings is 2. The van der Waals surface area contributed by atoms with Gasteiger partial charge in [-0.3, -0.25) is 0 Å². The molecule has 2 aromatic carbocycles. The molecule has 0 saturated heterocycles. The van der Waals surface area contributed by atoms with Crippen LogP contribution in [0.5, 0.6) is 11.5 Å². The number of nitrogens with two attached hydrogens (primary N) is 2. The summed E-state index contributed by atoms with van der Waals surface area (Å²) in [6, 6.07) is 17.7. The first kappa shape index (κ1) is 22.7. The molecule has 4 aromatic rings. The number of hydrogen-bond acceptors (Lipinski definition) is 6. The predicted molar refractivity (Wildman–Crippen MR) is 135 cm³/mol. The van der Waals surface area contributed by atoms with Crippen molar-refractivity contribution < 1.29 is 14.3 Å². The Balaban J connectivity index is 1.53. The number of anilines is 1. The van der Waals surface area contributed by atoms with Gasteiger partial charge in [-0.1, -0.05) is 37.3 Å². The third-order valence-corrected chi connectivity index (χ3v) is 6.72. The van der Waals surface area contributed by atoms with E-state index in [0.29, 0.717) is 12.2 Å². The Bertz CT molecular complexity index is 1380. The minimum Gasteiger partial charge on any atom is -0.457 e. The number of nitrogens with zero attached hydrogens (tertiary/aromatic N) is 3. The lowest BCUT2D eigenvalue weighted by Crippen LogP contribution is -2.34. The van der Waals surface area contributed by atoms with Crippen LogP contribution in [0.1, 0.15) is 38.8 Å². The summed E-state index contributed by atoms with van der Waals surface area (Å²) in [5.41, 5.74) is 15.0. The van der Waals surface area contributed by atoms with Crippen LogP contribution in [0.25, 0.3) is 22.2 Å². The third-order valence-electron chi connectivity index (χ3n) is 6.72. The van der Waals surface area contributed by atoms with E-state index in [1.807, 2.05) is 68.4 Å². The zero-order chi connectivity index (χ0) is 24.7. The molecule has 180 valence electrons. The van der Waals surface area contributed by atoms with E-state index in [0.717, 1.165) is 45.9 Å². The van der Waals surface area contributed by atoms with E-state index in [2.05, 4.69) is 21.5 Å². The summed E-state index contributed by atoms with van der Waals surface area (Å²) in [5.74, 6) is 2.40. The maximum absolute atomic E-state index is 11.4. The van der Waals surface area contributed by atoms with Gasteiger partial charge in [0.05, 0.1) is 5.39 Å². The molecule has 1 aliphatic rings. The van der Waals surface area contributed by atoms with Crippen LogP contribution in [0.4, 0.5) is 10.6 Å². The van der Waals surface area contributed by atoms with Crippen LogP contribution in [-0.2, 0) is 11.3 Å². The van der Waals surface area contributed by atoms with Gasteiger partial charge in [-0.15, -0.1) is 0 Å². The van der Waals surface area contributed by atoms with E-state index >= 15 is 0 Å². The standard InChI is InChI=1S/C27H29N5O3/c1-16-18(13-27(2,3)35-26(29)33)14-32-23(16)21(22-24(28)30-15-31-25(22)32)17-9-11-20(12-10-17)34-19-7-5-4-6-8-19/h4-12,15-16,18H,13-14H2,1-3H3,(H2,29,33)(H2,28,30,31)/t16?,18-/m0/s1. The second-order valence-corrected chi connectivity index (χ2v) is 9.70. The number of rotatable bonds is 6. The van der Waals surface area contributed by atoms with Gasteiger partial charge in [-0.2, -0.15) is 0 Å². The summed E-state index contributed by atoms with van der Waals surface area (Å²) >= 11 is 0. The van der Waals surface area contributed by atoms with Gasteiger partial charge in [-0.05, 0) is 56.0 Å². The highest BCUT2D eigenvalue weighted by Gasteiger charge is 2.39. The summed E-state index contributed by atoms with van der Waals surface area (Å²) in [7, 11) is 0. The molecule has 0 radical (unpaired) electrons. The highest BCUT2D eigenvalue weighted by molar-refractivity contribution is 6.03. The molecule has 1 amide bonds. The topological polar surface area (TPSA) is 118 Å². The van der Waals surface area contributed by atoms with Crippen molar-refractivity contribution in [2.75, 3.05) is 5.73 Å². The lowest BCUT2D eigenvalue weighted by atomic mass is 9.83. The number of aromatic nitrogens is 3. The molecule has 8 heteroatoms. The zero-order valence-corrected chi connectivity index (χ0v) is 20.1. The minimum absolute atomic E-state index is 0.176. The average molecular weight is 472 g/mol. The molecule has 0 bridgehead atoms. The van der Waals surface area contributed by atoms with E-state index in [1.54, 1.807) is 0 Å². The lowest BCUT2D eigenvalue weighted by Gasteiger charge is -2.29. The van der Waals surface area contributed by atoms with Gasteiger partial charge in [0.2, 0.25) is 0 Å². The molecule has 0 aliphatic carbocycles. The molecule has 3 heterocycles. The summed E-state index contributed by atoms with van der Waals surface area (Å²) in [4.78, 5) is 20.2. The number of para-hydroxylation sites is 1. The molecular weight excluding hydrogens is 442 g/mol. The van der Waals surface area contributed by atoms with Gasteiger partial charge in [0.1, 0.15) is 34.9 Å². The maximum Gasteiger partial charge on any atom is 0.405 e. The van der Waals surface area contributed by atoms with Crippen molar-refractivity contribution in [1.29, 1.82) is 0 Å². The molecule has 35 heavy (non-hydrogen) atoms. The molecule has 1 unspecified atom stereocenters. The number of hydrogen-bond donors (Lipinski definition) is 2. The predicted octanol–water partition coefficient (Wildman–Crippen LogP) is 5.47. The van der Waals surface area contributed by atoms with Crippen molar-refractivity contribution in [1.82, 2.24) is 14.5 Å². The SMILES string of the molecule is CC1c2c(-c3ccc(Oc4ccccc4)cc3)c3c(N)ncnc3n2C[C@@H]1CC(C)(C)OC(N)=O. The first-order valence-corrected chi connectivity index (χ1v) is 11.7. The first-order valence-electron chi connectivity index (χ1n) is 11.7. The van der Waals surface area contributed by atoms with Crippen LogP contribution in [0, 0.1) is 5.92 Å². The summed E-state index contributed by atoms with van der Waals surface area (Å²) in [6.07, 6.45) is 1.41. The number of amides is 1. The van der Waals surface area contributed by atoms with E-state index in [4.69, 9.17) is 20.9 Å². The Hall–Kier alpha value is -4.07. The third kappa shape index (κ3) is 4.27. The van der Waals surface area contributed by atoms with E-state index in [-0.39, 0.29) is 11.8 Å². The molecular formula is C27H29N5O3. The van der Waals surface area contributed by atoms with Crippen LogP contribution in [0.15, 0.2) is 60.9 Å².